The average Bonchev–Trinajstić information content (AvgIpc) is 2.16. The van der Waals surface area contributed by atoms with Gasteiger partial charge in [0.15, 0.2) is 5.75 Å². The molecule has 94 valence electrons. The molecule has 4 nitrogen and oxygen atoms in total. The Morgan fingerprint density at radius 3 is 2.44 bits per heavy atom. The third-order valence-corrected chi connectivity index (χ3v) is 3.58. The summed E-state index contributed by atoms with van der Waals surface area (Å²) in [4.78, 5) is 0. The predicted molar refractivity (Wildman–Crippen MR) is 65.3 cm³/mol. The fourth-order valence-electron chi connectivity index (χ4n) is 1.38. The fraction of sp³-hybridized carbons (Fsp3) is 0.909. The Balaban J connectivity index is 4.04. The number of hydrogen-bond donors (Lipinski definition) is 1. The van der Waals surface area contributed by atoms with Gasteiger partial charge in [0.2, 0.25) is 10.0 Å². The second kappa shape index (κ2) is 6.87. The van der Waals surface area contributed by atoms with Crippen LogP contribution in [0.15, 0.2) is 0 Å². The van der Waals surface area contributed by atoms with Crippen molar-refractivity contribution in [3.05, 3.63) is 0 Å². The summed E-state index contributed by atoms with van der Waals surface area (Å²) in [5.41, 5.74) is -0.0440. The Morgan fingerprint density at radius 2 is 1.94 bits per heavy atom. The van der Waals surface area contributed by atoms with Gasteiger partial charge in [-0.2, -0.15) is 5.26 Å². The van der Waals surface area contributed by atoms with E-state index in [-0.39, 0.29) is 5.41 Å². The molecule has 0 saturated carbocycles. The standard InChI is InChI=1S/C11H22N2O2S/c1-4-5-6-7-11(2,3)10-13-16(14,15)9-8-12/h13H,4-7,9-10H2,1-3H3. The molecule has 1 N–H and O–H groups in total. The molecule has 5 heteroatoms. The zero-order valence-electron chi connectivity index (χ0n) is 10.4. The second-order valence-electron chi connectivity index (χ2n) is 4.86. The van der Waals surface area contributed by atoms with Crippen molar-refractivity contribution in [2.75, 3.05) is 12.3 Å². The van der Waals surface area contributed by atoms with Crippen molar-refractivity contribution in [1.29, 1.82) is 5.26 Å². The molecular weight excluding hydrogens is 224 g/mol. The quantitative estimate of drug-likeness (QED) is 0.666. The lowest BCUT2D eigenvalue weighted by atomic mass is 9.87. The zero-order valence-corrected chi connectivity index (χ0v) is 11.2. The summed E-state index contributed by atoms with van der Waals surface area (Å²) in [6.07, 6.45) is 4.45. The molecule has 0 saturated heterocycles. The van der Waals surface area contributed by atoms with Crippen LogP contribution in [0.2, 0.25) is 0 Å². The zero-order chi connectivity index (χ0) is 12.7. The smallest absolute Gasteiger partial charge is 0.214 e. The van der Waals surface area contributed by atoms with Crippen LogP contribution in [0.3, 0.4) is 0 Å². The predicted octanol–water partition coefficient (Wildman–Crippen LogP) is 2.04. The molecular formula is C11H22N2O2S. The van der Waals surface area contributed by atoms with Crippen LogP contribution in [-0.2, 0) is 10.0 Å². The van der Waals surface area contributed by atoms with Gasteiger partial charge in [0.05, 0.1) is 6.07 Å². The third kappa shape index (κ3) is 7.66. The van der Waals surface area contributed by atoms with Crippen molar-refractivity contribution in [2.45, 2.75) is 46.5 Å². The van der Waals surface area contributed by atoms with Crippen LogP contribution < -0.4 is 4.72 Å². The lowest BCUT2D eigenvalue weighted by Crippen LogP contribution is -2.35. The Hall–Kier alpha value is -0.600. The molecule has 0 aliphatic rings. The van der Waals surface area contributed by atoms with E-state index in [0.717, 1.165) is 19.3 Å². The van der Waals surface area contributed by atoms with Crippen LogP contribution in [0.5, 0.6) is 0 Å². The molecule has 0 aliphatic carbocycles. The molecule has 0 bridgehead atoms. The third-order valence-electron chi connectivity index (χ3n) is 2.48. The van der Waals surface area contributed by atoms with Crippen molar-refractivity contribution in [2.24, 2.45) is 5.41 Å². The van der Waals surface area contributed by atoms with Crippen LogP contribution in [0.1, 0.15) is 46.5 Å². The summed E-state index contributed by atoms with van der Waals surface area (Å²) in [6.45, 7) is 6.62. The summed E-state index contributed by atoms with van der Waals surface area (Å²) in [7, 11) is -3.41. The fourth-order valence-corrected chi connectivity index (χ4v) is 2.27. The molecule has 0 aromatic carbocycles. The van der Waals surface area contributed by atoms with Gasteiger partial charge >= 0.3 is 0 Å². The van der Waals surface area contributed by atoms with Gasteiger partial charge in [-0.25, -0.2) is 13.1 Å². The van der Waals surface area contributed by atoms with Crippen molar-refractivity contribution in [3.8, 4) is 6.07 Å². The Kier molecular flexibility index (Phi) is 6.61. The van der Waals surface area contributed by atoms with Crippen LogP contribution in [0, 0.1) is 16.7 Å². The van der Waals surface area contributed by atoms with Crippen molar-refractivity contribution < 1.29 is 8.42 Å². The van der Waals surface area contributed by atoms with Gasteiger partial charge in [-0.1, -0.05) is 40.0 Å². The number of nitriles is 1. The number of nitrogens with zero attached hydrogens (tertiary/aromatic N) is 1. The van der Waals surface area contributed by atoms with E-state index in [9.17, 15) is 8.42 Å². The highest BCUT2D eigenvalue weighted by atomic mass is 32.2. The number of hydrogen-bond acceptors (Lipinski definition) is 3. The van der Waals surface area contributed by atoms with E-state index < -0.39 is 15.8 Å². The highest BCUT2D eigenvalue weighted by molar-refractivity contribution is 7.89. The maximum absolute atomic E-state index is 11.3. The van der Waals surface area contributed by atoms with E-state index in [2.05, 4.69) is 11.6 Å². The summed E-state index contributed by atoms with van der Waals surface area (Å²) < 4.78 is 25.0. The summed E-state index contributed by atoms with van der Waals surface area (Å²) in [6, 6.07) is 1.65. The largest absolute Gasteiger partial charge is 0.225 e. The minimum atomic E-state index is -3.41. The lowest BCUT2D eigenvalue weighted by molar-refractivity contribution is 0.320. The Labute approximate surface area is 99.1 Å². The van der Waals surface area contributed by atoms with Gasteiger partial charge in [0.1, 0.15) is 0 Å². The molecule has 0 unspecified atom stereocenters. The molecule has 16 heavy (non-hydrogen) atoms. The average molecular weight is 246 g/mol. The SMILES string of the molecule is CCCCCC(C)(C)CNS(=O)(=O)CC#N. The lowest BCUT2D eigenvalue weighted by Gasteiger charge is -2.24. The van der Waals surface area contributed by atoms with E-state index >= 15 is 0 Å². The molecule has 0 spiro atoms. The molecule has 0 aromatic heterocycles. The topological polar surface area (TPSA) is 70.0 Å². The number of sulfonamides is 1. The summed E-state index contributed by atoms with van der Waals surface area (Å²) >= 11 is 0. The first-order valence-corrected chi connectivity index (χ1v) is 7.32. The minimum Gasteiger partial charge on any atom is -0.214 e. The van der Waals surface area contributed by atoms with Crippen molar-refractivity contribution >= 4 is 10.0 Å². The molecule has 0 radical (unpaired) electrons. The molecule has 0 amide bonds. The molecule has 0 aromatic rings. The first-order valence-electron chi connectivity index (χ1n) is 5.67. The number of nitrogens with one attached hydrogen (secondary N) is 1. The molecule has 0 aliphatic heterocycles. The minimum absolute atomic E-state index is 0.0440. The number of rotatable bonds is 8. The number of unbranched alkanes of at least 4 members (excludes halogenated alkanes) is 2. The molecule has 0 heterocycles. The Morgan fingerprint density at radius 1 is 1.31 bits per heavy atom. The molecule has 0 rings (SSSR count). The maximum atomic E-state index is 11.3. The summed E-state index contributed by atoms with van der Waals surface area (Å²) in [5.74, 6) is -0.460. The van der Waals surface area contributed by atoms with Gasteiger partial charge in [-0.05, 0) is 11.8 Å². The second-order valence-corrected chi connectivity index (χ2v) is 6.67. The van der Waals surface area contributed by atoms with Crippen molar-refractivity contribution in [3.63, 3.8) is 0 Å². The van der Waals surface area contributed by atoms with Crippen LogP contribution in [-0.4, -0.2) is 20.7 Å². The van der Waals surface area contributed by atoms with Crippen LogP contribution in [0.25, 0.3) is 0 Å². The molecule has 0 atom stereocenters. The van der Waals surface area contributed by atoms with E-state index in [1.807, 2.05) is 13.8 Å². The van der Waals surface area contributed by atoms with Gasteiger partial charge < -0.3 is 0 Å². The van der Waals surface area contributed by atoms with Crippen LogP contribution in [0.4, 0.5) is 0 Å². The van der Waals surface area contributed by atoms with Crippen molar-refractivity contribution in [1.82, 2.24) is 4.72 Å². The van der Waals surface area contributed by atoms with E-state index in [1.165, 1.54) is 6.42 Å². The highest BCUT2D eigenvalue weighted by Gasteiger charge is 2.20. The van der Waals surface area contributed by atoms with Gasteiger partial charge in [-0.15, -0.1) is 0 Å². The van der Waals surface area contributed by atoms with Crippen LogP contribution >= 0.6 is 0 Å². The monoisotopic (exact) mass is 246 g/mol. The van der Waals surface area contributed by atoms with Gasteiger partial charge in [-0.3, -0.25) is 0 Å². The van der Waals surface area contributed by atoms with E-state index in [1.54, 1.807) is 6.07 Å². The first-order chi connectivity index (χ1) is 7.33. The Bertz CT molecular complexity index is 328. The normalized spacial score (nSPS) is 12.4. The van der Waals surface area contributed by atoms with Gasteiger partial charge in [0, 0.05) is 6.54 Å². The first kappa shape index (κ1) is 15.4. The maximum Gasteiger partial charge on any atom is 0.225 e. The highest BCUT2D eigenvalue weighted by Crippen LogP contribution is 2.22. The van der Waals surface area contributed by atoms with Gasteiger partial charge in [0.25, 0.3) is 0 Å². The molecule has 0 fully saturated rings. The van der Waals surface area contributed by atoms with E-state index in [0.29, 0.717) is 6.54 Å². The van der Waals surface area contributed by atoms with E-state index in [4.69, 9.17) is 5.26 Å². The summed E-state index contributed by atoms with van der Waals surface area (Å²) in [5, 5.41) is 8.34.